The molecule has 0 fully saturated rings. The molecule has 0 saturated carbocycles. The summed E-state index contributed by atoms with van der Waals surface area (Å²) in [6.07, 6.45) is 7.91. The van der Waals surface area contributed by atoms with E-state index in [0.29, 0.717) is 53.4 Å². The van der Waals surface area contributed by atoms with Crippen LogP contribution in [0.4, 0.5) is 0 Å². The van der Waals surface area contributed by atoms with Crippen LogP contribution in [0.3, 0.4) is 0 Å². The number of hydrogen-bond donors (Lipinski definition) is 0. The normalized spacial score (nSPS) is 11.0. The number of methoxy groups -OCH3 is 1. The molecule has 2 aromatic rings. The summed E-state index contributed by atoms with van der Waals surface area (Å²) < 4.78 is 12.7. The van der Waals surface area contributed by atoms with Crippen LogP contribution in [0, 0.1) is 0 Å². The van der Waals surface area contributed by atoms with Gasteiger partial charge in [-0.05, 0) is 12.5 Å². The van der Waals surface area contributed by atoms with Crippen molar-refractivity contribution in [3.8, 4) is 23.0 Å². The zero-order valence-corrected chi connectivity index (χ0v) is 14.3. The third-order valence-electron chi connectivity index (χ3n) is 3.37. The topological polar surface area (TPSA) is 78.6 Å². The molecule has 7 heteroatoms. The molecule has 0 spiro atoms. The number of aldehydes is 1. The van der Waals surface area contributed by atoms with Crippen molar-refractivity contribution < 1.29 is 14.3 Å². The van der Waals surface area contributed by atoms with Crippen molar-refractivity contribution in [3.05, 3.63) is 48.7 Å². The van der Waals surface area contributed by atoms with Crippen molar-refractivity contribution in [2.75, 3.05) is 20.8 Å². The van der Waals surface area contributed by atoms with Crippen molar-refractivity contribution >= 4 is 12.5 Å². The minimum Gasteiger partial charge on any atom is -0.481 e. The molecule has 0 aromatic carbocycles. The third-order valence-corrected chi connectivity index (χ3v) is 3.37. The molecule has 0 amide bonds. The average Bonchev–Trinajstić information content (AvgIpc) is 2.66. The Labute approximate surface area is 146 Å². The van der Waals surface area contributed by atoms with Gasteiger partial charge in [0.05, 0.1) is 25.0 Å². The molecule has 0 unspecified atom stereocenters. The van der Waals surface area contributed by atoms with Crippen LogP contribution in [0.1, 0.15) is 16.8 Å². The lowest BCUT2D eigenvalue weighted by Gasteiger charge is -2.13. The van der Waals surface area contributed by atoms with Gasteiger partial charge in [0.25, 0.3) is 5.88 Å². The molecule has 25 heavy (non-hydrogen) atoms. The van der Waals surface area contributed by atoms with Crippen molar-refractivity contribution in [1.82, 2.24) is 14.5 Å². The van der Waals surface area contributed by atoms with Crippen LogP contribution in [-0.2, 0) is 0 Å². The van der Waals surface area contributed by atoms with E-state index in [9.17, 15) is 4.79 Å². The number of carbonyl (C=O) groups is 1. The third kappa shape index (κ3) is 4.00. The largest absolute Gasteiger partial charge is 0.481 e. The summed E-state index contributed by atoms with van der Waals surface area (Å²) in [5, 5.41) is 0. The number of ether oxygens (including phenoxy) is 2. The van der Waals surface area contributed by atoms with Gasteiger partial charge in [-0.25, -0.2) is 9.97 Å². The summed E-state index contributed by atoms with van der Waals surface area (Å²) >= 11 is 0. The van der Waals surface area contributed by atoms with Gasteiger partial charge in [0.15, 0.2) is 11.8 Å². The van der Waals surface area contributed by atoms with Gasteiger partial charge < -0.3 is 14.0 Å². The Morgan fingerprint density at radius 3 is 2.76 bits per heavy atom. The highest BCUT2D eigenvalue weighted by Gasteiger charge is 2.14. The lowest BCUT2D eigenvalue weighted by Crippen LogP contribution is -2.22. The van der Waals surface area contributed by atoms with Crippen LogP contribution in [0.25, 0.3) is 17.5 Å². The van der Waals surface area contributed by atoms with E-state index in [2.05, 4.69) is 28.1 Å². The van der Waals surface area contributed by atoms with E-state index in [-0.39, 0.29) is 0 Å². The molecule has 0 N–H and O–H groups in total. The van der Waals surface area contributed by atoms with E-state index in [4.69, 9.17) is 9.47 Å². The van der Waals surface area contributed by atoms with Gasteiger partial charge in [-0.15, -0.1) is 6.58 Å². The van der Waals surface area contributed by atoms with Crippen LogP contribution in [0.5, 0.6) is 11.8 Å². The van der Waals surface area contributed by atoms with Gasteiger partial charge in [0.1, 0.15) is 0 Å². The van der Waals surface area contributed by atoms with Crippen molar-refractivity contribution in [2.24, 2.45) is 4.99 Å². The van der Waals surface area contributed by atoms with Gasteiger partial charge in [-0.3, -0.25) is 9.79 Å². The molecule has 0 aliphatic carbocycles. The number of aromatic nitrogens is 3. The number of hydrogen-bond acceptors (Lipinski definition) is 6. The van der Waals surface area contributed by atoms with E-state index in [1.165, 1.54) is 13.3 Å². The summed E-state index contributed by atoms with van der Waals surface area (Å²) in [5.41, 5.74) is 2.04. The molecule has 2 heterocycles. The standard InChI is InChI=1S/C18H20N4O3/c1-5-7-8-25-18-16(19-3)22(6-2)11-15(21-18)14-9-13(12-23)10-20-17(14)24-4/h5-6,9-12H,1-2,7-8H2,3-4H3. The average molecular weight is 340 g/mol. The van der Waals surface area contributed by atoms with Crippen molar-refractivity contribution in [3.63, 3.8) is 0 Å². The minimum absolute atomic E-state index is 0.348. The van der Waals surface area contributed by atoms with Crippen molar-refractivity contribution in [1.29, 1.82) is 0 Å². The van der Waals surface area contributed by atoms with E-state index in [1.54, 1.807) is 36.2 Å². The van der Waals surface area contributed by atoms with E-state index in [1.807, 2.05) is 0 Å². The quantitative estimate of drug-likeness (QED) is 0.419. The van der Waals surface area contributed by atoms with Crippen LogP contribution in [0.15, 0.2) is 42.7 Å². The molecular weight excluding hydrogens is 320 g/mol. The molecule has 0 saturated heterocycles. The van der Waals surface area contributed by atoms with Crippen LogP contribution < -0.4 is 15.0 Å². The first-order chi connectivity index (χ1) is 12.2. The Bertz CT molecular complexity index is 856. The second-order valence-corrected chi connectivity index (χ2v) is 4.94. The minimum atomic E-state index is 0.348. The molecule has 0 radical (unpaired) electrons. The Kier molecular flexibility index (Phi) is 6.22. The summed E-state index contributed by atoms with van der Waals surface area (Å²) in [5.74, 6) is 0.701. The summed E-state index contributed by atoms with van der Waals surface area (Å²) in [4.78, 5) is 24.0. The fraction of sp³-hybridized carbons (Fsp3) is 0.222. The molecule has 130 valence electrons. The second-order valence-electron chi connectivity index (χ2n) is 4.94. The Morgan fingerprint density at radius 1 is 1.36 bits per heavy atom. The summed E-state index contributed by atoms with van der Waals surface area (Å²) in [6.45, 7) is 7.88. The maximum Gasteiger partial charge on any atom is 0.258 e. The monoisotopic (exact) mass is 340 g/mol. The van der Waals surface area contributed by atoms with E-state index < -0.39 is 0 Å². The first kappa shape index (κ1) is 18.1. The molecule has 0 atom stereocenters. The second kappa shape index (κ2) is 8.58. The lowest BCUT2D eigenvalue weighted by molar-refractivity contribution is 0.112. The van der Waals surface area contributed by atoms with Gasteiger partial charge >= 0.3 is 0 Å². The van der Waals surface area contributed by atoms with E-state index in [0.717, 1.165) is 0 Å². The fourth-order valence-corrected chi connectivity index (χ4v) is 2.19. The molecule has 0 bridgehead atoms. The lowest BCUT2D eigenvalue weighted by atomic mass is 10.1. The maximum absolute atomic E-state index is 11.1. The molecule has 2 aromatic heterocycles. The summed E-state index contributed by atoms with van der Waals surface area (Å²) in [7, 11) is 3.15. The predicted molar refractivity (Wildman–Crippen MR) is 95.6 cm³/mol. The van der Waals surface area contributed by atoms with Gasteiger partial charge in [0.2, 0.25) is 5.88 Å². The van der Waals surface area contributed by atoms with Gasteiger partial charge in [-0.2, -0.15) is 0 Å². The fourth-order valence-electron chi connectivity index (χ4n) is 2.19. The molecular formula is C18H20N4O3. The smallest absolute Gasteiger partial charge is 0.258 e. The zero-order chi connectivity index (χ0) is 18.2. The Hall–Kier alpha value is -3.22. The SMILES string of the molecule is C=CCCOc1nc(-c2cc(C=O)cnc2OC)cn(C=C)c1=NC. The number of pyridine rings is 1. The van der Waals surface area contributed by atoms with Crippen molar-refractivity contribution in [2.45, 2.75) is 6.42 Å². The van der Waals surface area contributed by atoms with Gasteiger partial charge in [0, 0.05) is 31.2 Å². The molecule has 2 rings (SSSR count). The molecule has 0 aliphatic rings. The van der Waals surface area contributed by atoms with Crippen LogP contribution in [0.2, 0.25) is 0 Å². The molecule has 0 aliphatic heterocycles. The highest BCUT2D eigenvalue weighted by Crippen LogP contribution is 2.27. The van der Waals surface area contributed by atoms with Crippen LogP contribution >= 0.6 is 0 Å². The Morgan fingerprint density at radius 2 is 2.16 bits per heavy atom. The summed E-state index contributed by atoms with van der Waals surface area (Å²) in [6, 6.07) is 1.66. The zero-order valence-electron chi connectivity index (χ0n) is 14.3. The highest BCUT2D eigenvalue weighted by atomic mass is 16.5. The first-order valence-corrected chi connectivity index (χ1v) is 7.60. The number of rotatable bonds is 8. The molecule has 7 nitrogen and oxygen atoms in total. The van der Waals surface area contributed by atoms with Crippen LogP contribution in [-0.4, -0.2) is 41.6 Å². The van der Waals surface area contributed by atoms with E-state index >= 15 is 0 Å². The number of nitrogens with zero attached hydrogens (tertiary/aromatic N) is 4. The Balaban J connectivity index is 2.66. The number of carbonyl (C=O) groups excluding carboxylic acids is 1. The van der Waals surface area contributed by atoms with Gasteiger partial charge in [-0.1, -0.05) is 12.7 Å². The predicted octanol–water partition coefficient (Wildman–Crippen LogP) is 2.35. The maximum atomic E-state index is 11.1. The first-order valence-electron chi connectivity index (χ1n) is 7.60. The highest BCUT2D eigenvalue weighted by molar-refractivity contribution is 5.79.